The van der Waals surface area contributed by atoms with Crippen LogP contribution in [0.2, 0.25) is 0 Å². The van der Waals surface area contributed by atoms with Gasteiger partial charge in [0, 0.05) is 5.69 Å². The first-order chi connectivity index (χ1) is 12.1. The lowest BCUT2D eigenvalue weighted by Crippen LogP contribution is -2.41. The Balaban J connectivity index is 1.84. The van der Waals surface area contributed by atoms with Crippen molar-refractivity contribution in [2.45, 2.75) is 13.8 Å². The van der Waals surface area contributed by atoms with Gasteiger partial charge in [-0.3, -0.25) is 10.4 Å². The summed E-state index contributed by atoms with van der Waals surface area (Å²) in [6, 6.07) is 26.4. The molecule has 3 aromatic rings. The molecule has 0 radical (unpaired) electrons. The van der Waals surface area contributed by atoms with Crippen molar-refractivity contribution in [3.8, 4) is 0 Å². The van der Waals surface area contributed by atoms with Crippen LogP contribution in [0.1, 0.15) is 11.1 Å². The van der Waals surface area contributed by atoms with Crippen molar-refractivity contribution in [1.29, 1.82) is 0 Å². The highest BCUT2D eigenvalue weighted by Gasteiger charge is 2.11. The summed E-state index contributed by atoms with van der Waals surface area (Å²) in [7, 11) is 0. The maximum Gasteiger partial charge on any atom is 0.190 e. The zero-order valence-electron chi connectivity index (χ0n) is 14.4. The van der Waals surface area contributed by atoms with Gasteiger partial charge in [-0.2, -0.15) is 0 Å². The highest BCUT2D eigenvalue weighted by molar-refractivity contribution is 7.80. The number of benzene rings is 3. The summed E-state index contributed by atoms with van der Waals surface area (Å²) in [5.41, 5.74) is 8.70. The fourth-order valence-corrected chi connectivity index (χ4v) is 2.88. The number of thiocarbonyl (C=S) groups is 1. The van der Waals surface area contributed by atoms with Crippen molar-refractivity contribution in [2.75, 3.05) is 10.3 Å². The van der Waals surface area contributed by atoms with Crippen molar-refractivity contribution in [1.82, 2.24) is 5.43 Å². The van der Waals surface area contributed by atoms with Crippen LogP contribution in [0.5, 0.6) is 0 Å². The van der Waals surface area contributed by atoms with Gasteiger partial charge in [0.1, 0.15) is 0 Å². The van der Waals surface area contributed by atoms with E-state index in [9.17, 15) is 0 Å². The van der Waals surface area contributed by atoms with E-state index in [-0.39, 0.29) is 0 Å². The second-order valence-electron chi connectivity index (χ2n) is 5.84. The molecule has 0 aliphatic carbocycles. The largest absolute Gasteiger partial charge is 0.331 e. The summed E-state index contributed by atoms with van der Waals surface area (Å²) in [6.07, 6.45) is 0. The first-order valence-electron chi connectivity index (χ1n) is 8.19. The number of nitrogens with one attached hydrogen (secondary N) is 2. The van der Waals surface area contributed by atoms with Crippen molar-refractivity contribution in [3.05, 3.63) is 90.0 Å². The van der Waals surface area contributed by atoms with E-state index < -0.39 is 0 Å². The van der Waals surface area contributed by atoms with Crippen LogP contribution >= 0.6 is 12.2 Å². The summed E-state index contributed by atoms with van der Waals surface area (Å²) in [4.78, 5) is 0. The molecule has 0 bridgehead atoms. The summed E-state index contributed by atoms with van der Waals surface area (Å²) < 4.78 is 0. The van der Waals surface area contributed by atoms with Crippen LogP contribution in [0.25, 0.3) is 0 Å². The van der Waals surface area contributed by atoms with E-state index in [1.165, 1.54) is 0 Å². The van der Waals surface area contributed by atoms with Crippen LogP contribution in [0.15, 0.2) is 78.9 Å². The normalized spacial score (nSPS) is 10.2. The Labute approximate surface area is 154 Å². The molecule has 0 aliphatic heterocycles. The zero-order chi connectivity index (χ0) is 17.6. The van der Waals surface area contributed by atoms with Crippen LogP contribution in [0.3, 0.4) is 0 Å². The molecule has 0 saturated heterocycles. The van der Waals surface area contributed by atoms with Gasteiger partial charge >= 0.3 is 0 Å². The Hall–Kier alpha value is -2.85. The third-order valence-electron chi connectivity index (χ3n) is 3.96. The van der Waals surface area contributed by atoms with E-state index in [2.05, 4.69) is 36.7 Å². The first-order valence-corrected chi connectivity index (χ1v) is 8.60. The summed E-state index contributed by atoms with van der Waals surface area (Å²) >= 11 is 5.57. The molecule has 0 amide bonds. The molecule has 0 heterocycles. The average Bonchev–Trinajstić information content (AvgIpc) is 2.64. The maximum atomic E-state index is 5.57. The highest BCUT2D eigenvalue weighted by Crippen LogP contribution is 2.23. The molecule has 0 atom stereocenters. The van der Waals surface area contributed by atoms with E-state index in [4.69, 9.17) is 12.2 Å². The molecule has 3 rings (SSSR count). The van der Waals surface area contributed by atoms with E-state index >= 15 is 0 Å². The van der Waals surface area contributed by atoms with Crippen molar-refractivity contribution < 1.29 is 0 Å². The monoisotopic (exact) mass is 347 g/mol. The number of nitrogens with zero attached hydrogens (tertiary/aromatic N) is 1. The Kier molecular flexibility index (Phi) is 5.31. The van der Waals surface area contributed by atoms with Gasteiger partial charge in [-0.15, -0.1) is 0 Å². The van der Waals surface area contributed by atoms with Gasteiger partial charge in [-0.25, -0.2) is 0 Å². The van der Waals surface area contributed by atoms with Gasteiger partial charge in [0.15, 0.2) is 5.11 Å². The van der Waals surface area contributed by atoms with Crippen molar-refractivity contribution >= 4 is 34.4 Å². The quantitative estimate of drug-likeness (QED) is 0.492. The zero-order valence-corrected chi connectivity index (χ0v) is 15.2. The van der Waals surface area contributed by atoms with Gasteiger partial charge in [-0.1, -0.05) is 54.6 Å². The second kappa shape index (κ2) is 7.81. The topological polar surface area (TPSA) is 27.3 Å². The van der Waals surface area contributed by atoms with Gasteiger partial charge in [0.2, 0.25) is 0 Å². The van der Waals surface area contributed by atoms with Crippen molar-refractivity contribution in [2.24, 2.45) is 0 Å². The molecule has 3 nitrogen and oxygen atoms in total. The predicted molar refractivity (Wildman–Crippen MR) is 110 cm³/mol. The van der Waals surface area contributed by atoms with E-state index in [0.717, 1.165) is 28.2 Å². The summed E-state index contributed by atoms with van der Waals surface area (Å²) in [6.45, 7) is 4.15. The van der Waals surface area contributed by atoms with E-state index in [0.29, 0.717) is 5.11 Å². The highest BCUT2D eigenvalue weighted by atomic mass is 32.1. The molecular weight excluding hydrogens is 326 g/mol. The van der Waals surface area contributed by atoms with E-state index in [1.54, 1.807) is 0 Å². The Morgan fingerprint density at radius 2 is 1.20 bits per heavy atom. The third kappa shape index (κ3) is 4.17. The molecule has 2 N–H and O–H groups in total. The SMILES string of the molecule is Cc1cccc(C)c1NC(=S)NN(c1ccccc1)c1ccccc1. The van der Waals surface area contributed by atoms with Crippen LogP contribution in [-0.2, 0) is 0 Å². The Morgan fingerprint density at radius 3 is 1.68 bits per heavy atom. The molecule has 3 aromatic carbocycles. The molecule has 4 heteroatoms. The third-order valence-corrected chi connectivity index (χ3v) is 4.16. The minimum atomic E-state index is 0.546. The molecule has 0 aliphatic rings. The fraction of sp³-hybridized carbons (Fsp3) is 0.0952. The van der Waals surface area contributed by atoms with Gasteiger partial charge < -0.3 is 5.32 Å². The number of aryl methyl sites for hydroxylation is 2. The number of para-hydroxylation sites is 3. The van der Waals surface area contributed by atoms with Crippen LogP contribution < -0.4 is 15.8 Å². The molecule has 25 heavy (non-hydrogen) atoms. The molecule has 0 aromatic heterocycles. The second-order valence-corrected chi connectivity index (χ2v) is 6.25. The van der Waals surface area contributed by atoms with Crippen LogP contribution in [-0.4, -0.2) is 5.11 Å². The standard InChI is InChI=1S/C21H21N3S/c1-16-10-9-11-17(2)20(16)22-21(25)23-24(18-12-5-3-6-13-18)19-14-7-4-8-15-19/h3-15H,1-2H3,(H2,22,23,25). The Morgan fingerprint density at radius 1 is 0.720 bits per heavy atom. The minimum Gasteiger partial charge on any atom is -0.331 e. The number of hydrogen-bond acceptors (Lipinski definition) is 2. The van der Waals surface area contributed by atoms with Gasteiger partial charge in [0.05, 0.1) is 11.4 Å². The molecular formula is C21H21N3S. The van der Waals surface area contributed by atoms with Gasteiger partial charge in [-0.05, 0) is 61.5 Å². The lowest BCUT2D eigenvalue weighted by atomic mass is 10.1. The number of hydrazine groups is 1. The van der Waals surface area contributed by atoms with E-state index in [1.807, 2.05) is 71.7 Å². The molecule has 0 unspecified atom stereocenters. The number of hydrogen-bond donors (Lipinski definition) is 2. The first kappa shape index (κ1) is 17.0. The lowest BCUT2D eigenvalue weighted by Gasteiger charge is -2.27. The fourth-order valence-electron chi connectivity index (χ4n) is 2.69. The molecule has 0 spiro atoms. The lowest BCUT2D eigenvalue weighted by molar-refractivity contribution is 0.942. The Bertz CT molecular complexity index is 788. The summed E-state index contributed by atoms with van der Waals surface area (Å²) in [5.74, 6) is 0. The van der Waals surface area contributed by atoms with Crippen LogP contribution in [0.4, 0.5) is 17.1 Å². The molecule has 0 fully saturated rings. The number of rotatable bonds is 4. The average molecular weight is 347 g/mol. The van der Waals surface area contributed by atoms with Crippen molar-refractivity contribution in [3.63, 3.8) is 0 Å². The number of anilines is 3. The summed E-state index contributed by atoms with van der Waals surface area (Å²) in [5, 5.41) is 5.85. The molecule has 0 saturated carbocycles. The van der Waals surface area contributed by atoms with Crippen LogP contribution in [0, 0.1) is 13.8 Å². The minimum absolute atomic E-state index is 0.546. The predicted octanol–water partition coefficient (Wildman–Crippen LogP) is 5.34. The van der Waals surface area contributed by atoms with Gasteiger partial charge in [0.25, 0.3) is 0 Å². The maximum absolute atomic E-state index is 5.57. The smallest absolute Gasteiger partial charge is 0.190 e. The molecule has 126 valence electrons.